The van der Waals surface area contributed by atoms with Gasteiger partial charge in [-0.25, -0.2) is 4.79 Å². The summed E-state index contributed by atoms with van der Waals surface area (Å²) in [6.07, 6.45) is 0. The normalized spacial score (nSPS) is 11.1. The van der Waals surface area contributed by atoms with Crippen molar-refractivity contribution in [2.24, 2.45) is 7.05 Å². The molecule has 0 aliphatic carbocycles. The van der Waals surface area contributed by atoms with Gasteiger partial charge < -0.3 is 13.7 Å². The van der Waals surface area contributed by atoms with Gasteiger partial charge in [0.15, 0.2) is 11.0 Å². The molecule has 0 amide bonds. The fourth-order valence-corrected chi connectivity index (χ4v) is 4.18. The lowest BCUT2D eigenvalue weighted by Crippen LogP contribution is -2.06. The van der Waals surface area contributed by atoms with Gasteiger partial charge in [-0.3, -0.25) is 0 Å². The first-order valence-corrected chi connectivity index (χ1v) is 10.3. The molecule has 0 aliphatic heterocycles. The molecule has 0 saturated carbocycles. The molecule has 6 nitrogen and oxygen atoms in total. The van der Waals surface area contributed by atoms with E-state index in [9.17, 15) is 4.79 Å². The minimum absolute atomic E-state index is 0.252. The molecule has 0 N–H and O–H groups in total. The highest BCUT2D eigenvalue weighted by molar-refractivity contribution is 7.98. The van der Waals surface area contributed by atoms with Crippen molar-refractivity contribution in [1.29, 1.82) is 0 Å². The van der Waals surface area contributed by atoms with Crippen LogP contribution in [0.3, 0.4) is 0 Å². The van der Waals surface area contributed by atoms with E-state index in [1.165, 1.54) is 11.8 Å². The summed E-state index contributed by atoms with van der Waals surface area (Å²) in [6, 6.07) is 15.7. The summed E-state index contributed by atoms with van der Waals surface area (Å²) in [7, 11) is 1.95. The maximum absolute atomic E-state index is 12.4. The minimum atomic E-state index is -0.446. The quantitative estimate of drug-likeness (QED) is 0.331. The Morgan fingerprint density at radius 1 is 1.14 bits per heavy atom. The number of para-hydroxylation sites is 1. The summed E-state index contributed by atoms with van der Waals surface area (Å²) in [6.45, 7) is 4.13. The highest BCUT2D eigenvalue weighted by Crippen LogP contribution is 2.33. The number of hydrogen-bond acceptors (Lipinski definition) is 6. The number of aryl methyl sites for hydroxylation is 1. The first-order valence-electron chi connectivity index (χ1n) is 9.35. The zero-order chi connectivity index (χ0) is 20.4. The summed E-state index contributed by atoms with van der Waals surface area (Å²) in [5, 5.41) is 10.4. The summed E-state index contributed by atoms with van der Waals surface area (Å²) >= 11 is 1.51. The van der Waals surface area contributed by atoms with Crippen molar-refractivity contribution in [3.05, 3.63) is 65.4 Å². The molecule has 2 aromatic heterocycles. The van der Waals surface area contributed by atoms with Crippen LogP contribution in [0.25, 0.3) is 22.4 Å². The number of thioether (sulfide) groups is 1. The fourth-order valence-electron chi connectivity index (χ4n) is 3.24. The topological polar surface area (TPSA) is 70.2 Å². The van der Waals surface area contributed by atoms with E-state index < -0.39 is 5.97 Å². The van der Waals surface area contributed by atoms with Crippen LogP contribution in [0.5, 0.6) is 0 Å². The predicted molar refractivity (Wildman–Crippen MR) is 113 cm³/mol. The molecule has 0 fully saturated rings. The number of fused-ring (bicyclic) bond motifs is 1. The lowest BCUT2D eigenvalue weighted by molar-refractivity contribution is 0.0491. The Morgan fingerprint density at radius 3 is 2.69 bits per heavy atom. The van der Waals surface area contributed by atoms with E-state index in [1.54, 1.807) is 6.92 Å². The number of benzene rings is 2. The van der Waals surface area contributed by atoms with Crippen molar-refractivity contribution in [2.45, 2.75) is 24.8 Å². The van der Waals surface area contributed by atoms with Crippen LogP contribution in [0.2, 0.25) is 0 Å². The molecule has 0 atom stereocenters. The smallest absolute Gasteiger partial charge is 0.374 e. The molecule has 4 rings (SSSR count). The second kappa shape index (κ2) is 8.13. The molecule has 148 valence electrons. The Bertz CT molecular complexity index is 1180. The monoisotopic (exact) mass is 407 g/mol. The van der Waals surface area contributed by atoms with E-state index >= 15 is 0 Å². The van der Waals surface area contributed by atoms with Gasteiger partial charge in [-0.15, -0.1) is 10.2 Å². The highest BCUT2D eigenvalue weighted by atomic mass is 32.2. The van der Waals surface area contributed by atoms with E-state index in [0.717, 1.165) is 33.1 Å². The molecule has 7 heteroatoms. The molecule has 0 aliphatic rings. The second-order valence-electron chi connectivity index (χ2n) is 6.60. The van der Waals surface area contributed by atoms with Gasteiger partial charge >= 0.3 is 5.97 Å². The van der Waals surface area contributed by atoms with Crippen molar-refractivity contribution in [2.75, 3.05) is 6.61 Å². The Morgan fingerprint density at radius 2 is 1.90 bits per heavy atom. The third-order valence-corrected chi connectivity index (χ3v) is 5.77. The van der Waals surface area contributed by atoms with Crippen LogP contribution < -0.4 is 0 Å². The molecule has 4 aromatic rings. The average molecular weight is 407 g/mol. The van der Waals surface area contributed by atoms with Gasteiger partial charge in [0.05, 0.1) is 6.61 Å². The van der Waals surface area contributed by atoms with Gasteiger partial charge in [0.25, 0.3) is 0 Å². The second-order valence-corrected chi connectivity index (χ2v) is 7.54. The molecular formula is C22H21N3O3S. The van der Waals surface area contributed by atoms with E-state index in [1.807, 2.05) is 54.1 Å². The number of hydrogen-bond donors (Lipinski definition) is 0. The lowest BCUT2D eigenvalue weighted by atomic mass is 10.1. The molecule has 0 spiro atoms. The molecule has 2 aromatic carbocycles. The van der Waals surface area contributed by atoms with Crippen molar-refractivity contribution in [3.8, 4) is 11.4 Å². The lowest BCUT2D eigenvalue weighted by Gasteiger charge is -2.06. The molecule has 0 saturated heterocycles. The van der Waals surface area contributed by atoms with E-state index in [-0.39, 0.29) is 5.76 Å². The fraction of sp³-hybridized carbons (Fsp3) is 0.227. The third-order valence-electron chi connectivity index (χ3n) is 4.73. The van der Waals surface area contributed by atoms with Crippen molar-refractivity contribution in [3.63, 3.8) is 0 Å². The Hall–Kier alpha value is -3.06. The number of nitrogens with zero attached hydrogens (tertiary/aromatic N) is 3. The summed E-state index contributed by atoms with van der Waals surface area (Å²) in [4.78, 5) is 12.4. The summed E-state index contributed by atoms with van der Waals surface area (Å²) in [5.41, 5.74) is 3.68. The molecule has 0 unspecified atom stereocenters. The first kappa shape index (κ1) is 19.3. The van der Waals surface area contributed by atoms with E-state index in [4.69, 9.17) is 9.15 Å². The standard InChI is InChI=1S/C22H21N3O3S/c1-4-27-21(26)19-17(16-11-7-8-12-18(16)28-19)13-29-22-24-23-20(25(22)3)15-10-6-5-9-14(15)2/h5-12H,4,13H2,1-3H3. The van der Waals surface area contributed by atoms with Crippen LogP contribution in [0.15, 0.2) is 58.1 Å². The summed E-state index contributed by atoms with van der Waals surface area (Å²) in [5.74, 6) is 1.14. The number of carbonyl (C=O) groups is 1. The van der Waals surface area contributed by atoms with Crippen molar-refractivity contribution in [1.82, 2.24) is 14.8 Å². The van der Waals surface area contributed by atoms with Gasteiger partial charge in [0, 0.05) is 29.3 Å². The maximum atomic E-state index is 12.4. The van der Waals surface area contributed by atoms with Crippen LogP contribution in [0.1, 0.15) is 28.6 Å². The first-order chi connectivity index (χ1) is 14.1. The highest BCUT2D eigenvalue weighted by Gasteiger charge is 2.22. The number of rotatable bonds is 6. The Labute approximate surface area is 172 Å². The van der Waals surface area contributed by atoms with Crippen LogP contribution in [0.4, 0.5) is 0 Å². The minimum Gasteiger partial charge on any atom is -0.460 e. The van der Waals surface area contributed by atoms with Crippen molar-refractivity contribution < 1.29 is 13.9 Å². The van der Waals surface area contributed by atoms with E-state index in [2.05, 4.69) is 23.2 Å². The van der Waals surface area contributed by atoms with Crippen LogP contribution in [-0.4, -0.2) is 27.3 Å². The van der Waals surface area contributed by atoms with E-state index in [0.29, 0.717) is 17.9 Å². The number of ether oxygens (including phenoxy) is 1. The zero-order valence-corrected chi connectivity index (χ0v) is 17.3. The number of aromatic nitrogens is 3. The van der Waals surface area contributed by atoms with Crippen LogP contribution in [-0.2, 0) is 17.5 Å². The van der Waals surface area contributed by atoms with Crippen LogP contribution in [0, 0.1) is 6.92 Å². The molecular weight excluding hydrogens is 386 g/mol. The van der Waals surface area contributed by atoms with Gasteiger partial charge in [-0.2, -0.15) is 0 Å². The largest absolute Gasteiger partial charge is 0.460 e. The van der Waals surface area contributed by atoms with Gasteiger partial charge in [-0.1, -0.05) is 54.2 Å². The Kier molecular flexibility index (Phi) is 5.40. The average Bonchev–Trinajstić information content (AvgIpc) is 3.27. The zero-order valence-electron chi connectivity index (χ0n) is 16.5. The number of esters is 1. The molecule has 0 radical (unpaired) electrons. The SMILES string of the molecule is CCOC(=O)c1oc2ccccc2c1CSc1nnc(-c2ccccc2C)n1C. The summed E-state index contributed by atoms with van der Waals surface area (Å²) < 4.78 is 12.9. The van der Waals surface area contributed by atoms with Crippen molar-refractivity contribution >= 4 is 28.7 Å². The number of furan rings is 1. The van der Waals surface area contributed by atoms with Crippen LogP contribution >= 0.6 is 11.8 Å². The Balaban J connectivity index is 1.65. The third kappa shape index (κ3) is 3.65. The maximum Gasteiger partial charge on any atom is 0.374 e. The molecule has 29 heavy (non-hydrogen) atoms. The molecule has 0 bridgehead atoms. The number of carbonyl (C=O) groups excluding carboxylic acids is 1. The van der Waals surface area contributed by atoms with Gasteiger partial charge in [-0.05, 0) is 25.5 Å². The van der Waals surface area contributed by atoms with Gasteiger partial charge in [0.2, 0.25) is 5.76 Å². The molecule has 2 heterocycles. The van der Waals surface area contributed by atoms with Gasteiger partial charge in [0.1, 0.15) is 5.58 Å². The predicted octanol–water partition coefficient (Wildman–Crippen LogP) is 5.01.